The lowest BCUT2D eigenvalue weighted by atomic mass is 10.0. The number of hydrogen-bond donors (Lipinski definition) is 1. The number of anilines is 1. The van der Waals surface area contributed by atoms with Gasteiger partial charge in [-0.05, 0) is 60.2 Å². The highest BCUT2D eigenvalue weighted by atomic mass is 32.1. The molecule has 1 N–H and O–H groups in total. The van der Waals surface area contributed by atoms with Crippen molar-refractivity contribution in [1.82, 2.24) is 14.7 Å². The molecule has 0 fully saturated rings. The Hall–Kier alpha value is -3.91. The van der Waals surface area contributed by atoms with Crippen molar-refractivity contribution in [2.24, 2.45) is 0 Å². The number of amides is 2. The fourth-order valence-electron chi connectivity index (χ4n) is 4.15. The van der Waals surface area contributed by atoms with Crippen LogP contribution in [0.3, 0.4) is 0 Å². The predicted molar refractivity (Wildman–Crippen MR) is 132 cm³/mol. The Morgan fingerprint density at radius 2 is 1.91 bits per heavy atom. The van der Waals surface area contributed by atoms with Crippen LogP contribution in [0.25, 0.3) is 5.69 Å². The molecule has 0 saturated heterocycles. The molecule has 0 aliphatic carbocycles. The standard InChI is InChI=1S/C26H24N4O3S/c1-17-20(26(32)29-13-11-23-18(15-29)12-14-34-23)9-6-10-21(17)27-25(31)24-22(33-2)16-30(28-24)19-7-4-3-5-8-19/h3-10,12,14,16H,11,13,15H2,1-2H3,(H,27,31). The zero-order valence-electron chi connectivity index (χ0n) is 18.9. The zero-order valence-corrected chi connectivity index (χ0v) is 19.8. The summed E-state index contributed by atoms with van der Waals surface area (Å²) in [5.74, 6) is -0.0670. The van der Waals surface area contributed by atoms with Crippen molar-refractivity contribution in [1.29, 1.82) is 0 Å². The molecule has 0 saturated carbocycles. The first-order valence-electron chi connectivity index (χ1n) is 11.0. The minimum absolute atomic E-state index is 0.0311. The second-order valence-electron chi connectivity index (χ2n) is 8.10. The van der Waals surface area contributed by atoms with E-state index < -0.39 is 5.91 Å². The highest BCUT2D eigenvalue weighted by Gasteiger charge is 2.25. The molecule has 2 aromatic heterocycles. The van der Waals surface area contributed by atoms with Gasteiger partial charge in [-0.1, -0.05) is 24.3 Å². The molecular formula is C26H24N4O3S. The molecule has 1 aliphatic rings. The molecule has 34 heavy (non-hydrogen) atoms. The predicted octanol–water partition coefficient (Wildman–Crippen LogP) is 4.70. The lowest BCUT2D eigenvalue weighted by Crippen LogP contribution is -2.35. The Morgan fingerprint density at radius 3 is 2.71 bits per heavy atom. The van der Waals surface area contributed by atoms with E-state index in [1.807, 2.05) is 42.2 Å². The van der Waals surface area contributed by atoms with Crippen molar-refractivity contribution in [3.05, 3.63) is 93.4 Å². The van der Waals surface area contributed by atoms with E-state index in [2.05, 4.69) is 21.9 Å². The number of carbonyl (C=O) groups is 2. The maximum Gasteiger partial charge on any atom is 0.280 e. The van der Waals surface area contributed by atoms with Crippen molar-refractivity contribution >= 4 is 28.8 Å². The molecule has 2 aromatic carbocycles. The summed E-state index contributed by atoms with van der Waals surface area (Å²) < 4.78 is 7.00. The van der Waals surface area contributed by atoms with Crippen LogP contribution in [-0.4, -0.2) is 40.1 Å². The Bertz CT molecular complexity index is 1360. The maximum atomic E-state index is 13.3. The quantitative estimate of drug-likeness (QED) is 0.457. The van der Waals surface area contributed by atoms with Gasteiger partial charge in [0.2, 0.25) is 0 Å². The third kappa shape index (κ3) is 4.08. The van der Waals surface area contributed by atoms with Crippen LogP contribution >= 0.6 is 11.3 Å². The van der Waals surface area contributed by atoms with E-state index in [1.54, 1.807) is 40.4 Å². The number of rotatable bonds is 5. The number of nitrogens with zero attached hydrogens (tertiary/aromatic N) is 3. The van der Waals surface area contributed by atoms with Crippen molar-refractivity contribution < 1.29 is 14.3 Å². The lowest BCUT2D eigenvalue weighted by molar-refractivity contribution is 0.0735. The van der Waals surface area contributed by atoms with E-state index in [-0.39, 0.29) is 11.6 Å². The van der Waals surface area contributed by atoms with E-state index in [0.29, 0.717) is 30.1 Å². The summed E-state index contributed by atoms with van der Waals surface area (Å²) in [6.45, 7) is 3.15. The fraction of sp³-hybridized carbons (Fsp3) is 0.192. The highest BCUT2D eigenvalue weighted by molar-refractivity contribution is 7.10. The van der Waals surface area contributed by atoms with Gasteiger partial charge in [0.1, 0.15) is 0 Å². The third-order valence-electron chi connectivity index (χ3n) is 6.04. The van der Waals surface area contributed by atoms with Crippen molar-refractivity contribution in [2.75, 3.05) is 19.0 Å². The Kier molecular flexibility index (Phi) is 5.90. The summed E-state index contributed by atoms with van der Waals surface area (Å²) in [7, 11) is 1.51. The summed E-state index contributed by atoms with van der Waals surface area (Å²) in [6, 6.07) is 17.0. The largest absolute Gasteiger partial charge is 0.493 e. The number of methoxy groups -OCH3 is 1. The summed E-state index contributed by atoms with van der Waals surface area (Å²) in [6.07, 6.45) is 2.55. The molecule has 4 aromatic rings. The first-order chi connectivity index (χ1) is 16.5. The molecule has 0 bridgehead atoms. The van der Waals surface area contributed by atoms with Crippen LogP contribution in [0.15, 0.2) is 66.2 Å². The van der Waals surface area contributed by atoms with Crippen LogP contribution in [0.2, 0.25) is 0 Å². The first-order valence-corrected chi connectivity index (χ1v) is 11.9. The van der Waals surface area contributed by atoms with Crippen molar-refractivity contribution in [3.63, 3.8) is 0 Å². The topological polar surface area (TPSA) is 76.5 Å². The van der Waals surface area contributed by atoms with Gasteiger partial charge in [0, 0.05) is 29.2 Å². The van der Waals surface area contributed by atoms with Crippen molar-refractivity contribution in [2.45, 2.75) is 19.9 Å². The number of ether oxygens (including phenoxy) is 1. The van der Waals surface area contributed by atoms with Gasteiger partial charge >= 0.3 is 0 Å². The SMILES string of the molecule is COc1cn(-c2ccccc2)nc1C(=O)Nc1cccc(C(=O)N2CCc3sccc3C2)c1C. The van der Waals surface area contributed by atoms with Gasteiger partial charge in [-0.2, -0.15) is 5.10 Å². The Labute approximate surface area is 201 Å². The molecule has 0 atom stereocenters. The highest BCUT2D eigenvalue weighted by Crippen LogP contribution is 2.28. The van der Waals surface area contributed by atoms with Crippen LogP contribution in [0.4, 0.5) is 5.69 Å². The van der Waals surface area contributed by atoms with Gasteiger partial charge in [-0.15, -0.1) is 11.3 Å². The van der Waals surface area contributed by atoms with E-state index in [9.17, 15) is 9.59 Å². The molecule has 0 unspecified atom stereocenters. The van der Waals surface area contributed by atoms with Gasteiger partial charge in [0.15, 0.2) is 11.4 Å². The first kappa shape index (κ1) is 21.9. The third-order valence-corrected chi connectivity index (χ3v) is 7.07. The Morgan fingerprint density at radius 1 is 1.09 bits per heavy atom. The normalized spacial score (nSPS) is 12.8. The van der Waals surface area contributed by atoms with Crippen LogP contribution in [-0.2, 0) is 13.0 Å². The number of fused-ring (bicyclic) bond motifs is 1. The summed E-state index contributed by atoms with van der Waals surface area (Å²) >= 11 is 1.75. The lowest BCUT2D eigenvalue weighted by Gasteiger charge is -2.28. The zero-order chi connectivity index (χ0) is 23.7. The summed E-state index contributed by atoms with van der Waals surface area (Å²) in [5.41, 5.74) is 4.08. The Balaban J connectivity index is 1.38. The number of carbonyl (C=O) groups excluding carboxylic acids is 2. The minimum atomic E-state index is -0.403. The van der Waals surface area contributed by atoms with Crippen molar-refractivity contribution in [3.8, 4) is 11.4 Å². The number of nitrogens with one attached hydrogen (secondary N) is 1. The van der Waals surface area contributed by atoms with Gasteiger partial charge in [0.25, 0.3) is 11.8 Å². The van der Waals surface area contributed by atoms with Crippen LogP contribution < -0.4 is 10.1 Å². The molecule has 1 aliphatic heterocycles. The van der Waals surface area contributed by atoms with Gasteiger partial charge in [0.05, 0.1) is 19.0 Å². The van der Waals surface area contributed by atoms with Gasteiger partial charge in [-0.3, -0.25) is 9.59 Å². The molecule has 0 radical (unpaired) electrons. The molecule has 172 valence electrons. The smallest absolute Gasteiger partial charge is 0.280 e. The monoisotopic (exact) mass is 472 g/mol. The molecule has 5 rings (SSSR count). The average Bonchev–Trinajstić information content (AvgIpc) is 3.52. The second kappa shape index (κ2) is 9.15. The van der Waals surface area contributed by atoms with Crippen LogP contribution in [0, 0.1) is 6.92 Å². The fourth-order valence-corrected chi connectivity index (χ4v) is 5.04. The summed E-state index contributed by atoms with van der Waals surface area (Å²) in [5, 5.41) is 9.42. The number of thiophene rings is 1. The molecule has 3 heterocycles. The number of hydrogen-bond acceptors (Lipinski definition) is 5. The second-order valence-corrected chi connectivity index (χ2v) is 9.10. The molecule has 7 nitrogen and oxygen atoms in total. The number of para-hydroxylation sites is 1. The number of benzene rings is 2. The molecular weight excluding hydrogens is 448 g/mol. The van der Waals surface area contributed by atoms with E-state index >= 15 is 0 Å². The maximum absolute atomic E-state index is 13.3. The van der Waals surface area contributed by atoms with Crippen LogP contribution in [0.5, 0.6) is 5.75 Å². The number of aromatic nitrogens is 2. The molecule has 8 heteroatoms. The van der Waals surface area contributed by atoms with Gasteiger partial charge in [-0.25, -0.2) is 4.68 Å². The van der Waals surface area contributed by atoms with Crippen LogP contribution in [0.1, 0.15) is 36.9 Å². The summed E-state index contributed by atoms with van der Waals surface area (Å²) in [4.78, 5) is 29.6. The minimum Gasteiger partial charge on any atom is -0.493 e. The van der Waals surface area contributed by atoms with E-state index in [4.69, 9.17) is 4.74 Å². The van der Waals surface area contributed by atoms with E-state index in [1.165, 1.54) is 17.6 Å². The van der Waals surface area contributed by atoms with E-state index in [0.717, 1.165) is 17.7 Å². The van der Waals surface area contributed by atoms with Gasteiger partial charge < -0.3 is 15.0 Å². The molecule has 0 spiro atoms. The average molecular weight is 473 g/mol. The molecule has 2 amide bonds.